The number of amides is 1. The molecule has 2 unspecified atom stereocenters. The highest BCUT2D eigenvalue weighted by atomic mass is 16.1. The van der Waals surface area contributed by atoms with Crippen LogP contribution in [0.4, 0.5) is 0 Å². The van der Waals surface area contributed by atoms with Crippen LogP contribution < -0.4 is 5.73 Å². The van der Waals surface area contributed by atoms with Crippen LogP contribution in [0.3, 0.4) is 0 Å². The lowest BCUT2D eigenvalue weighted by Crippen LogP contribution is -2.27. The van der Waals surface area contributed by atoms with Crippen molar-refractivity contribution in [1.29, 1.82) is 0 Å². The third kappa shape index (κ3) is 6.01. The van der Waals surface area contributed by atoms with Gasteiger partial charge in [0.05, 0.1) is 0 Å². The van der Waals surface area contributed by atoms with Crippen LogP contribution in [-0.2, 0) is 4.79 Å². The van der Waals surface area contributed by atoms with Crippen LogP contribution in [0, 0.1) is 18.8 Å². The monoisotopic (exact) mass is 198 g/mol. The molecule has 0 aliphatic rings. The average molecular weight is 198 g/mol. The SMILES string of the molecule is [CH2]C(C)C(CCCCCCC)C(N)=O. The van der Waals surface area contributed by atoms with E-state index in [1.807, 2.05) is 6.92 Å². The van der Waals surface area contributed by atoms with Crippen molar-refractivity contribution in [1.82, 2.24) is 0 Å². The van der Waals surface area contributed by atoms with Crippen molar-refractivity contribution in [2.24, 2.45) is 17.6 Å². The molecule has 0 aromatic carbocycles. The standard InChI is InChI=1S/C12H24NO/c1-4-5-6-7-8-9-11(10(2)3)12(13)14/h10-11H,2,4-9H2,1,3H3,(H2,13,14). The summed E-state index contributed by atoms with van der Waals surface area (Å²) >= 11 is 0. The van der Waals surface area contributed by atoms with Gasteiger partial charge in [0, 0.05) is 5.92 Å². The zero-order valence-corrected chi connectivity index (χ0v) is 9.59. The summed E-state index contributed by atoms with van der Waals surface area (Å²) in [4.78, 5) is 11.0. The molecule has 83 valence electrons. The molecule has 2 heteroatoms. The number of unbranched alkanes of at least 4 members (excludes halogenated alkanes) is 4. The van der Waals surface area contributed by atoms with Crippen molar-refractivity contribution in [3.63, 3.8) is 0 Å². The molecular formula is C12H24NO. The fourth-order valence-corrected chi connectivity index (χ4v) is 1.68. The zero-order valence-electron chi connectivity index (χ0n) is 9.59. The van der Waals surface area contributed by atoms with Gasteiger partial charge < -0.3 is 5.73 Å². The summed E-state index contributed by atoms with van der Waals surface area (Å²) in [6.07, 6.45) is 7.04. The molecule has 2 atom stereocenters. The molecule has 0 spiro atoms. The summed E-state index contributed by atoms with van der Waals surface area (Å²) < 4.78 is 0. The molecular weight excluding hydrogens is 174 g/mol. The number of hydrogen-bond acceptors (Lipinski definition) is 1. The van der Waals surface area contributed by atoms with Gasteiger partial charge >= 0.3 is 0 Å². The number of carbonyl (C=O) groups is 1. The minimum Gasteiger partial charge on any atom is -0.369 e. The van der Waals surface area contributed by atoms with E-state index in [9.17, 15) is 4.79 Å². The molecule has 0 rings (SSSR count). The highest BCUT2D eigenvalue weighted by Crippen LogP contribution is 2.18. The van der Waals surface area contributed by atoms with Gasteiger partial charge in [-0.2, -0.15) is 0 Å². The van der Waals surface area contributed by atoms with Gasteiger partial charge in [0.2, 0.25) is 5.91 Å². The number of hydrogen-bond donors (Lipinski definition) is 1. The predicted octanol–water partition coefficient (Wildman–Crippen LogP) is 2.92. The smallest absolute Gasteiger partial charge is 0.220 e. The maximum atomic E-state index is 11.0. The van der Waals surface area contributed by atoms with Crippen LogP contribution in [0.25, 0.3) is 0 Å². The van der Waals surface area contributed by atoms with Gasteiger partial charge in [0.1, 0.15) is 0 Å². The van der Waals surface area contributed by atoms with Crippen molar-refractivity contribution < 1.29 is 4.79 Å². The molecule has 14 heavy (non-hydrogen) atoms. The van der Waals surface area contributed by atoms with E-state index < -0.39 is 0 Å². The van der Waals surface area contributed by atoms with Gasteiger partial charge in [-0.15, -0.1) is 0 Å². The van der Waals surface area contributed by atoms with Crippen LogP contribution in [0.5, 0.6) is 0 Å². The Morgan fingerprint density at radius 3 is 2.29 bits per heavy atom. The van der Waals surface area contributed by atoms with Crippen molar-refractivity contribution >= 4 is 5.91 Å². The molecule has 0 heterocycles. The second-order valence-electron chi connectivity index (χ2n) is 4.19. The van der Waals surface area contributed by atoms with E-state index in [-0.39, 0.29) is 17.7 Å². The van der Waals surface area contributed by atoms with Crippen molar-refractivity contribution in [3.8, 4) is 0 Å². The van der Waals surface area contributed by atoms with Gasteiger partial charge in [0.15, 0.2) is 0 Å². The Balaban J connectivity index is 3.57. The molecule has 0 saturated carbocycles. The van der Waals surface area contributed by atoms with Gasteiger partial charge in [-0.3, -0.25) is 4.79 Å². The lowest BCUT2D eigenvalue weighted by Gasteiger charge is -2.16. The fourth-order valence-electron chi connectivity index (χ4n) is 1.68. The van der Waals surface area contributed by atoms with E-state index in [1.54, 1.807) is 0 Å². The third-order valence-corrected chi connectivity index (χ3v) is 2.67. The Hall–Kier alpha value is -0.530. The topological polar surface area (TPSA) is 43.1 Å². The van der Waals surface area contributed by atoms with E-state index >= 15 is 0 Å². The largest absolute Gasteiger partial charge is 0.369 e. The van der Waals surface area contributed by atoms with E-state index in [2.05, 4.69) is 13.8 Å². The number of rotatable bonds is 8. The van der Waals surface area contributed by atoms with Crippen LogP contribution in [0.2, 0.25) is 0 Å². The summed E-state index contributed by atoms with van der Waals surface area (Å²) in [6.45, 7) is 8.03. The second-order valence-corrected chi connectivity index (χ2v) is 4.19. The first kappa shape index (κ1) is 13.5. The van der Waals surface area contributed by atoms with Crippen LogP contribution in [0.15, 0.2) is 0 Å². The molecule has 0 fully saturated rings. The minimum atomic E-state index is -0.192. The summed E-state index contributed by atoms with van der Waals surface area (Å²) in [6, 6.07) is 0. The van der Waals surface area contributed by atoms with E-state index in [1.165, 1.54) is 25.7 Å². The first-order valence-corrected chi connectivity index (χ1v) is 5.72. The first-order valence-electron chi connectivity index (χ1n) is 5.72. The Kier molecular flexibility index (Phi) is 7.54. The second kappa shape index (κ2) is 7.84. The Morgan fingerprint density at radius 2 is 1.86 bits per heavy atom. The molecule has 0 aliphatic heterocycles. The van der Waals surface area contributed by atoms with Gasteiger partial charge in [0.25, 0.3) is 0 Å². The van der Waals surface area contributed by atoms with Gasteiger partial charge in [-0.1, -0.05) is 46.0 Å². The van der Waals surface area contributed by atoms with E-state index in [0.717, 1.165) is 12.8 Å². The molecule has 1 amide bonds. The summed E-state index contributed by atoms with van der Waals surface area (Å²) in [5, 5.41) is 0. The molecule has 1 radical (unpaired) electrons. The molecule has 0 aliphatic carbocycles. The summed E-state index contributed by atoms with van der Waals surface area (Å²) in [5.41, 5.74) is 5.30. The number of carbonyl (C=O) groups excluding carboxylic acids is 1. The Labute approximate surface area is 88.3 Å². The lowest BCUT2D eigenvalue weighted by atomic mass is 9.89. The summed E-state index contributed by atoms with van der Waals surface area (Å²) in [5.74, 6) is -0.0849. The van der Waals surface area contributed by atoms with Crippen LogP contribution in [0.1, 0.15) is 52.4 Å². The highest BCUT2D eigenvalue weighted by Gasteiger charge is 2.18. The first-order chi connectivity index (χ1) is 6.59. The number of primary amides is 1. The Bertz CT molecular complexity index is 154. The van der Waals surface area contributed by atoms with Gasteiger partial charge in [-0.05, 0) is 19.3 Å². The van der Waals surface area contributed by atoms with Crippen LogP contribution in [-0.4, -0.2) is 5.91 Å². The van der Waals surface area contributed by atoms with E-state index in [4.69, 9.17) is 5.73 Å². The predicted molar refractivity (Wildman–Crippen MR) is 60.6 cm³/mol. The highest BCUT2D eigenvalue weighted by molar-refractivity contribution is 5.76. The minimum absolute atomic E-state index is 0.0309. The average Bonchev–Trinajstić information content (AvgIpc) is 2.09. The van der Waals surface area contributed by atoms with Crippen molar-refractivity contribution in [3.05, 3.63) is 6.92 Å². The molecule has 0 saturated heterocycles. The maximum Gasteiger partial charge on any atom is 0.220 e. The molecule has 2 nitrogen and oxygen atoms in total. The molecule has 2 N–H and O–H groups in total. The van der Waals surface area contributed by atoms with Crippen LogP contribution >= 0.6 is 0 Å². The fraction of sp³-hybridized carbons (Fsp3) is 0.833. The summed E-state index contributed by atoms with van der Waals surface area (Å²) in [7, 11) is 0. The number of nitrogens with two attached hydrogens (primary N) is 1. The molecule has 0 aromatic heterocycles. The molecule has 0 bridgehead atoms. The van der Waals surface area contributed by atoms with Gasteiger partial charge in [-0.25, -0.2) is 0 Å². The molecule has 0 aromatic rings. The quantitative estimate of drug-likeness (QED) is 0.599. The van der Waals surface area contributed by atoms with E-state index in [0.29, 0.717) is 0 Å². The maximum absolute atomic E-state index is 11.0. The van der Waals surface area contributed by atoms with Crippen molar-refractivity contribution in [2.45, 2.75) is 52.4 Å². The third-order valence-electron chi connectivity index (χ3n) is 2.67. The lowest BCUT2D eigenvalue weighted by molar-refractivity contribution is -0.123. The van der Waals surface area contributed by atoms with Crippen molar-refractivity contribution in [2.75, 3.05) is 0 Å². The zero-order chi connectivity index (χ0) is 11.0. The normalized spacial score (nSPS) is 13.1. The Morgan fingerprint density at radius 1 is 1.29 bits per heavy atom.